The molecular weight excluding hydrogens is 306 g/mol. The molecule has 134 valence electrons. The van der Waals surface area contributed by atoms with Crippen molar-refractivity contribution in [3.63, 3.8) is 0 Å². The molecule has 0 bridgehead atoms. The molecule has 24 heavy (non-hydrogen) atoms. The van der Waals surface area contributed by atoms with Crippen LogP contribution in [0.25, 0.3) is 0 Å². The van der Waals surface area contributed by atoms with Gasteiger partial charge in [-0.3, -0.25) is 4.79 Å². The van der Waals surface area contributed by atoms with Gasteiger partial charge in [0.2, 0.25) is 5.91 Å². The van der Waals surface area contributed by atoms with Crippen LogP contribution in [0.3, 0.4) is 0 Å². The molecule has 6 nitrogen and oxygen atoms in total. The first-order chi connectivity index (χ1) is 11.2. The number of hydrogen-bond acceptors (Lipinski definition) is 4. The second-order valence-electron chi connectivity index (χ2n) is 8.04. The van der Waals surface area contributed by atoms with Crippen LogP contribution in [0.4, 0.5) is 4.79 Å². The lowest BCUT2D eigenvalue weighted by Crippen LogP contribution is -2.56. The zero-order chi connectivity index (χ0) is 18.1. The first-order valence-corrected chi connectivity index (χ1v) is 8.89. The van der Waals surface area contributed by atoms with Crippen molar-refractivity contribution in [3.8, 4) is 6.07 Å². The van der Waals surface area contributed by atoms with E-state index in [4.69, 9.17) is 4.74 Å². The number of rotatable bonds is 4. The van der Waals surface area contributed by atoms with Gasteiger partial charge < -0.3 is 15.0 Å². The molecule has 2 rings (SSSR count). The lowest BCUT2D eigenvalue weighted by atomic mass is 9.95. The van der Waals surface area contributed by atoms with Crippen molar-refractivity contribution in [2.45, 2.75) is 84.0 Å². The minimum absolute atomic E-state index is 0.0245. The van der Waals surface area contributed by atoms with Crippen molar-refractivity contribution in [2.24, 2.45) is 11.8 Å². The fourth-order valence-electron chi connectivity index (χ4n) is 3.35. The van der Waals surface area contributed by atoms with Crippen molar-refractivity contribution >= 4 is 12.0 Å². The van der Waals surface area contributed by atoms with Crippen LogP contribution < -0.4 is 5.32 Å². The quantitative estimate of drug-likeness (QED) is 0.856. The minimum Gasteiger partial charge on any atom is -0.444 e. The highest BCUT2D eigenvalue weighted by Crippen LogP contribution is 2.45. The molecule has 1 aliphatic carbocycles. The number of hydrogen-bond donors (Lipinski definition) is 1. The fourth-order valence-corrected chi connectivity index (χ4v) is 3.35. The summed E-state index contributed by atoms with van der Waals surface area (Å²) in [5.74, 6) is 0.357. The molecule has 0 aromatic carbocycles. The van der Waals surface area contributed by atoms with Gasteiger partial charge in [-0.2, -0.15) is 5.26 Å². The Morgan fingerprint density at radius 3 is 2.58 bits per heavy atom. The Morgan fingerprint density at radius 2 is 2.04 bits per heavy atom. The Balaban J connectivity index is 2.13. The highest BCUT2D eigenvalue weighted by atomic mass is 16.6. The van der Waals surface area contributed by atoms with Gasteiger partial charge in [-0.1, -0.05) is 20.3 Å². The number of carbonyl (C=O) groups excluding carboxylic acids is 2. The Bertz CT molecular complexity index is 535. The van der Waals surface area contributed by atoms with E-state index in [2.05, 4.69) is 11.4 Å². The second kappa shape index (κ2) is 7.00. The summed E-state index contributed by atoms with van der Waals surface area (Å²) in [5, 5.41) is 12.1. The zero-order valence-corrected chi connectivity index (χ0v) is 15.3. The summed E-state index contributed by atoms with van der Waals surface area (Å²) < 4.78 is 5.30. The largest absolute Gasteiger partial charge is 0.444 e. The van der Waals surface area contributed by atoms with Crippen molar-refractivity contribution < 1.29 is 14.3 Å². The third-order valence-corrected chi connectivity index (χ3v) is 4.94. The lowest BCUT2D eigenvalue weighted by molar-refractivity contribution is -0.138. The number of nitrogens with one attached hydrogen (secondary N) is 1. The third kappa shape index (κ3) is 4.19. The van der Waals surface area contributed by atoms with Gasteiger partial charge in [0.1, 0.15) is 17.7 Å². The third-order valence-electron chi connectivity index (χ3n) is 4.94. The number of ether oxygens (including phenoxy) is 1. The smallest absolute Gasteiger partial charge is 0.408 e. The second-order valence-corrected chi connectivity index (χ2v) is 8.04. The van der Waals surface area contributed by atoms with E-state index in [0.29, 0.717) is 5.92 Å². The van der Waals surface area contributed by atoms with E-state index in [9.17, 15) is 14.9 Å². The van der Waals surface area contributed by atoms with Crippen LogP contribution in [0, 0.1) is 23.2 Å². The fraction of sp³-hybridized carbons (Fsp3) is 0.833. The maximum atomic E-state index is 13.1. The predicted octanol–water partition coefficient (Wildman–Crippen LogP) is 2.83. The van der Waals surface area contributed by atoms with E-state index in [1.54, 1.807) is 25.7 Å². The number of amides is 2. The first kappa shape index (κ1) is 18.6. The van der Waals surface area contributed by atoms with Crippen molar-refractivity contribution in [1.29, 1.82) is 5.26 Å². The first-order valence-electron chi connectivity index (χ1n) is 8.89. The Kier molecular flexibility index (Phi) is 5.42. The molecule has 1 aliphatic heterocycles. The highest BCUT2D eigenvalue weighted by molar-refractivity contribution is 5.87. The summed E-state index contributed by atoms with van der Waals surface area (Å²) >= 11 is 0. The molecule has 0 aromatic heterocycles. The zero-order valence-electron chi connectivity index (χ0n) is 15.3. The molecule has 1 saturated heterocycles. The Labute approximate surface area is 144 Å². The Morgan fingerprint density at radius 1 is 1.38 bits per heavy atom. The van der Waals surface area contributed by atoms with Crippen LogP contribution in [0.2, 0.25) is 0 Å². The molecule has 2 aliphatic rings. The molecular formula is C18H29N3O3. The molecule has 2 amide bonds. The highest BCUT2D eigenvalue weighted by Gasteiger charge is 2.51. The number of likely N-dealkylation sites (tertiary alicyclic amines) is 1. The molecule has 1 N–H and O–H groups in total. The summed E-state index contributed by atoms with van der Waals surface area (Å²) in [6.07, 6.45) is 2.89. The van der Waals surface area contributed by atoms with E-state index in [1.165, 1.54) is 0 Å². The maximum absolute atomic E-state index is 13.1. The summed E-state index contributed by atoms with van der Waals surface area (Å²) in [5.41, 5.74) is -0.616. The van der Waals surface area contributed by atoms with E-state index in [-0.39, 0.29) is 23.9 Å². The average molecular weight is 335 g/mol. The van der Waals surface area contributed by atoms with E-state index in [0.717, 1.165) is 25.7 Å². The standard InChI is InChI=1S/C18H29N3O3/c1-6-11(2)15(20-17(23)24-18(3,4)5)16(22)21-13(10-19)8-7-12-9-14(12)21/h11-15H,6-9H2,1-5H3,(H,20,23)/t11?,12-,13-,14?,15?/m0/s1. The molecule has 3 unspecified atom stereocenters. The van der Waals surface area contributed by atoms with Gasteiger partial charge in [0.25, 0.3) is 0 Å². The van der Waals surface area contributed by atoms with Gasteiger partial charge in [0, 0.05) is 6.04 Å². The number of nitrogens with zero attached hydrogens (tertiary/aromatic N) is 2. The number of alkyl carbamates (subject to hydrolysis) is 1. The van der Waals surface area contributed by atoms with Crippen LogP contribution >= 0.6 is 0 Å². The van der Waals surface area contributed by atoms with Gasteiger partial charge in [-0.25, -0.2) is 4.79 Å². The van der Waals surface area contributed by atoms with Crippen LogP contribution in [0.1, 0.15) is 60.3 Å². The number of carbonyl (C=O) groups is 2. The molecule has 0 radical (unpaired) electrons. The van der Waals surface area contributed by atoms with Gasteiger partial charge in [0.15, 0.2) is 0 Å². The SMILES string of the molecule is CCC(C)C(NC(=O)OC(C)(C)C)C(=O)N1C2C[C@@H]2CC[C@H]1C#N. The molecule has 0 aromatic rings. The molecule has 2 fully saturated rings. The van der Waals surface area contributed by atoms with E-state index >= 15 is 0 Å². The summed E-state index contributed by atoms with van der Waals surface area (Å²) in [4.78, 5) is 27.0. The molecule has 0 spiro atoms. The number of fused-ring (bicyclic) bond motifs is 1. The summed E-state index contributed by atoms with van der Waals surface area (Å²) in [6.45, 7) is 9.29. The average Bonchev–Trinajstić information content (AvgIpc) is 3.27. The normalized spacial score (nSPS) is 28.2. The van der Waals surface area contributed by atoms with Crippen LogP contribution in [-0.4, -0.2) is 40.6 Å². The monoisotopic (exact) mass is 335 g/mol. The number of piperidine rings is 1. The Hall–Kier alpha value is -1.77. The van der Waals surface area contributed by atoms with E-state index in [1.807, 2.05) is 13.8 Å². The summed E-state index contributed by atoms with van der Waals surface area (Å²) in [6, 6.07) is 1.39. The van der Waals surface area contributed by atoms with Gasteiger partial charge in [-0.15, -0.1) is 0 Å². The van der Waals surface area contributed by atoms with E-state index < -0.39 is 17.7 Å². The van der Waals surface area contributed by atoms with Crippen molar-refractivity contribution in [1.82, 2.24) is 10.2 Å². The van der Waals surface area contributed by atoms with Gasteiger partial charge in [0.05, 0.1) is 6.07 Å². The van der Waals surface area contributed by atoms with Gasteiger partial charge in [-0.05, 0) is 51.9 Å². The summed E-state index contributed by atoms with van der Waals surface area (Å²) in [7, 11) is 0. The maximum Gasteiger partial charge on any atom is 0.408 e. The lowest BCUT2D eigenvalue weighted by Gasteiger charge is -2.36. The van der Waals surface area contributed by atoms with Crippen molar-refractivity contribution in [3.05, 3.63) is 0 Å². The molecule has 5 atom stereocenters. The molecule has 1 heterocycles. The van der Waals surface area contributed by atoms with Gasteiger partial charge >= 0.3 is 6.09 Å². The van der Waals surface area contributed by atoms with Crippen LogP contribution in [-0.2, 0) is 9.53 Å². The predicted molar refractivity (Wildman–Crippen MR) is 90.0 cm³/mol. The molecule has 6 heteroatoms. The van der Waals surface area contributed by atoms with Crippen LogP contribution in [0.15, 0.2) is 0 Å². The topological polar surface area (TPSA) is 82.4 Å². The molecule has 1 saturated carbocycles. The minimum atomic E-state index is -0.653. The van der Waals surface area contributed by atoms with Crippen LogP contribution in [0.5, 0.6) is 0 Å². The van der Waals surface area contributed by atoms with Crippen molar-refractivity contribution in [2.75, 3.05) is 0 Å². The number of nitriles is 1.